The monoisotopic (exact) mass is 1820 g/mol. The van der Waals surface area contributed by atoms with Crippen molar-refractivity contribution in [3.63, 3.8) is 0 Å². The molecule has 0 radical (unpaired) electrons. The zero-order chi connectivity index (χ0) is 93.2. The van der Waals surface area contributed by atoms with Crippen molar-refractivity contribution < 1.29 is 24.5 Å². The SMILES string of the molecule is C.C.COc1ccc(-c2ccc(Cn3cnc4ccccc43)cc2)cc1-n1ccnc1.COc1cccc(-c2ccc(CCn3cnc4ccccc43)cc2)c1.N#Cc1ccc(-c2ccc(Cn3cnc4ccccc43)cc2)cc1-n1ccnc1.O=C(O)c1ccc(-c2ccc(Cn3cnc4ccccc43)cc2)cc1-n1ccnc1.Oc1cccc(-c2ccc(CCn3cnc4ccccc43)cc2)c1. The van der Waals surface area contributed by atoms with Crippen LogP contribution in [0.3, 0.4) is 0 Å². The molecule has 0 aliphatic rings. The third-order valence-corrected chi connectivity index (χ3v) is 24.2. The van der Waals surface area contributed by atoms with Crippen LogP contribution < -0.4 is 9.47 Å². The molecule has 0 atom stereocenters. The number of methoxy groups -OCH3 is 2. The van der Waals surface area contributed by atoms with E-state index in [4.69, 9.17) is 9.47 Å². The lowest BCUT2D eigenvalue weighted by Gasteiger charge is -2.12. The molecule has 23 aromatic rings. The molecule has 0 bridgehead atoms. The minimum atomic E-state index is -0.965. The molecule has 8 heterocycles. The fourth-order valence-electron chi connectivity index (χ4n) is 16.9. The molecule has 8 aromatic heterocycles. The summed E-state index contributed by atoms with van der Waals surface area (Å²) in [5, 5.41) is 28.5. The second kappa shape index (κ2) is 43.6. The van der Waals surface area contributed by atoms with Crippen LogP contribution in [-0.2, 0) is 45.6 Å². The van der Waals surface area contributed by atoms with Crippen LogP contribution in [0.2, 0.25) is 0 Å². The van der Waals surface area contributed by atoms with E-state index in [0.29, 0.717) is 17.0 Å². The van der Waals surface area contributed by atoms with Gasteiger partial charge < -0.3 is 56.2 Å². The highest BCUT2D eigenvalue weighted by molar-refractivity contribution is 5.93. The molecule has 22 nitrogen and oxygen atoms in total. The number of aromatic carboxylic acids is 1. The van der Waals surface area contributed by atoms with Crippen molar-refractivity contribution in [2.45, 2.75) is 60.4 Å². The van der Waals surface area contributed by atoms with Crippen molar-refractivity contribution in [2.24, 2.45) is 0 Å². The maximum Gasteiger partial charge on any atom is 0.337 e. The molecule has 15 aromatic carbocycles. The first-order valence-electron chi connectivity index (χ1n) is 44.9. The Labute approximate surface area is 805 Å². The Morgan fingerprint density at radius 1 is 0.317 bits per heavy atom. The highest BCUT2D eigenvalue weighted by Gasteiger charge is 2.17. The summed E-state index contributed by atoms with van der Waals surface area (Å²) in [5.41, 5.74) is 31.3. The summed E-state index contributed by atoms with van der Waals surface area (Å²) in [4.78, 5) is 46.1. The average Bonchev–Trinajstić information content (AvgIpc) is 1.77. The van der Waals surface area contributed by atoms with Crippen molar-refractivity contribution >= 4 is 61.1 Å². The molecule has 139 heavy (non-hydrogen) atoms. The lowest BCUT2D eigenvalue weighted by atomic mass is 10.0. The molecule has 0 aliphatic carbocycles. The topological polar surface area (TPSA) is 242 Å². The maximum atomic E-state index is 11.6. The number of phenols is 1. The molecule has 2 N–H and O–H groups in total. The molecule has 0 unspecified atom stereocenters. The van der Waals surface area contributed by atoms with Crippen LogP contribution in [0.15, 0.2) is 434 Å². The number of hydrogen-bond acceptors (Lipinski definition) is 13. The zero-order valence-corrected chi connectivity index (χ0v) is 75.2. The summed E-state index contributed by atoms with van der Waals surface area (Å²) < 4.78 is 27.2. The fourth-order valence-corrected chi connectivity index (χ4v) is 16.9. The Bertz CT molecular complexity index is 8070. The summed E-state index contributed by atoms with van der Waals surface area (Å²) in [6.45, 7) is 4.14. The van der Waals surface area contributed by atoms with Gasteiger partial charge in [-0.15, -0.1) is 0 Å². The second-order valence-corrected chi connectivity index (χ2v) is 32.9. The first-order valence-corrected chi connectivity index (χ1v) is 44.9. The van der Waals surface area contributed by atoms with E-state index in [1.54, 1.807) is 80.8 Å². The van der Waals surface area contributed by atoms with Crippen molar-refractivity contribution in [1.29, 1.82) is 5.26 Å². The number of nitrogens with zero attached hydrogens (tertiary/aromatic N) is 17. The van der Waals surface area contributed by atoms with E-state index in [1.807, 2.05) is 193 Å². The number of rotatable bonds is 23. The number of fused-ring (bicyclic) bond motifs is 5. The van der Waals surface area contributed by atoms with Gasteiger partial charge in [0.25, 0.3) is 0 Å². The number of carboxylic acids is 1. The standard InChI is InChI=1S/C24H17N5.C24H18N4O2.C24H20N4O.C22H20N2O.C21H18N2O.2CH4/c25-14-21-10-9-20(13-24(21)28-12-11-26-16-28)19-7-5-18(6-8-19)15-29-17-27-22-3-1-2-4-23(22)29;29-24(30)20-10-9-19(13-23(20)27-12-11-25-15-27)18-7-5-17(6-8-18)14-28-16-26-21-3-1-2-4-22(21)28;1-29-24-11-10-20(14-23(24)27-13-12-25-16-27)19-8-6-18(7-9-19)15-28-17-26-21-4-2-3-5-22(21)28;1-25-20-6-4-5-19(15-20)18-11-9-17(10-12-18)13-14-24-16-23-21-7-2-3-8-22(21)24;24-19-5-3-4-18(14-19)17-10-8-16(9-11-17)12-13-23-15-22-20-6-1-2-7-21(20)23;;/h1-13,16-17H,15H2;1-13,15-16H,14H2,(H,29,30);2-14,16-17H,15H2,1H3;2-12,15-16H,13-14H2,1H3;1-11,14-15,24H,12-13H2;2*1H4. The minimum absolute atomic E-state index is 0. The molecule has 23 rings (SSSR count). The number of nitriles is 1. The van der Waals surface area contributed by atoms with Gasteiger partial charge in [0.15, 0.2) is 0 Å². The average molecular weight is 1830 g/mol. The van der Waals surface area contributed by atoms with Crippen molar-refractivity contribution in [2.75, 3.05) is 14.2 Å². The molecular weight excluding hydrogens is 1720 g/mol. The molecule has 0 spiro atoms. The van der Waals surface area contributed by atoms with Crippen LogP contribution in [-0.4, -0.2) is 107 Å². The van der Waals surface area contributed by atoms with Crippen LogP contribution in [0.5, 0.6) is 17.2 Å². The first kappa shape index (κ1) is 92.5. The van der Waals surface area contributed by atoms with Gasteiger partial charge in [0, 0.05) is 69.9 Å². The number of carbonyl (C=O) groups is 1. The number of aromatic nitrogens is 16. The van der Waals surface area contributed by atoms with E-state index >= 15 is 0 Å². The summed E-state index contributed by atoms with van der Waals surface area (Å²) in [7, 11) is 3.38. The van der Waals surface area contributed by atoms with Crippen molar-refractivity contribution in [3.8, 4) is 96.0 Å². The maximum absolute atomic E-state index is 11.6. The Morgan fingerprint density at radius 3 is 1.01 bits per heavy atom. The lowest BCUT2D eigenvalue weighted by molar-refractivity contribution is 0.0696. The Hall–Kier alpha value is -18.4. The van der Waals surface area contributed by atoms with Gasteiger partial charge in [-0.2, -0.15) is 5.26 Å². The van der Waals surface area contributed by atoms with E-state index in [0.717, 1.165) is 157 Å². The van der Waals surface area contributed by atoms with E-state index in [9.17, 15) is 20.3 Å². The predicted octanol–water partition coefficient (Wildman–Crippen LogP) is 25.3. The van der Waals surface area contributed by atoms with E-state index < -0.39 is 5.97 Å². The minimum Gasteiger partial charge on any atom is -0.508 e. The van der Waals surface area contributed by atoms with Crippen LogP contribution >= 0.6 is 0 Å². The third kappa shape index (κ3) is 21.8. The Kier molecular flexibility index (Phi) is 29.0. The Morgan fingerprint density at radius 2 is 0.640 bits per heavy atom. The van der Waals surface area contributed by atoms with Crippen molar-refractivity contribution in [3.05, 3.63) is 473 Å². The number of aryl methyl sites for hydroxylation is 4. The molecule has 0 aliphatic heterocycles. The van der Waals surface area contributed by atoms with Crippen LogP contribution in [0.4, 0.5) is 0 Å². The van der Waals surface area contributed by atoms with Gasteiger partial charge in [0.05, 0.1) is 148 Å². The fraction of sp³-hybridized carbons (Fsp3) is 0.0940. The van der Waals surface area contributed by atoms with Gasteiger partial charge in [0.1, 0.15) is 23.3 Å². The van der Waals surface area contributed by atoms with Gasteiger partial charge >= 0.3 is 5.97 Å². The summed E-state index contributed by atoms with van der Waals surface area (Å²) >= 11 is 0. The molecular formula is C117H101N17O5. The van der Waals surface area contributed by atoms with Gasteiger partial charge in [-0.3, -0.25) is 0 Å². The molecule has 684 valence electrons. The number of ether oxygens (including phenoxy) is 2. The van der Waals surface area contributed by atoms with Gasteiger partial charge in [-0.1, -0.05) is 239 Å². The number of imidazole rings is 8. The first-order chi connectivity index (χ1) is 67.4. The van der Waals surface area contributed by atoms with E-state index in [-0.39, 0.29) is 20.4 Å². The molecule has 0 fully saturated rings. The quantitative estimate of drug-likeness (QED) is 0.0605. The van der Waals surface area contributed by atoms with Gasteiger partial charge in [0.2, 0.25) is 0 Å². The highest BCUT2D eigenvalue weighted by atomic mass is 16.5. The van der Waals surface area contributed by atoms with Gasteiger partial charge in [-0.25, -0.2) is 44.7 Å². The second-order valence-electron chi connectivity index (χ2n) is 32.9. The van der Waals surface area contributed by atoms with Crippen LogP contribution in [0.25, 0.3) is 128 Å². The van der Waals surface area contributed by atoms with Gasteiger partial charge in [-0.05, 0) is 218 Å². The smallest absolute Gasteiger partial charge is 0.337 e. The Balaban J connectivity index is 0.000000120. The number of carboxylic acid groups (broad SMARTS) is 1. The van der Waals surface area contributed by atoms with Crippen molar-refractivity contribution in [1.82, 2.24) is 76.4 Å². The zero-order valence-electron chi connectivity index (χ0n) is 75.2. The van der Waals surface area contributed by atoms with Crippen LogP contribution in [0, 0.1) is 11.3 Å². The number of hydrogen-bond donors (Lipinski definition) is 2. The normalized spacial score (nSPS) is 10.8. The summed E-state index contributed by atoms with van der Waals surface area (Å²) in [6.07, 6.45) is 27.1. The summed E-state index contributed by atoms with van der Waals surface area (Å²) in [6, 6.07) is 119. The number of aromatic hydroxyl groups is 1. The molecule has 0 saturated carbocycles. The number of benzene rings is 15. The molecule has 0 saturated heterocycles. The third-order valence-electron chi connectivity index (χ3n) is 24.2. The highest BCUT2D eigenvalue weighted by Crippen LogP contribution is 2.34. The molecule has 0 amide bonds. The van der Waals surface area contributed by atoms with Crippen LogP contribution in [0.1, 0.15) is 58.6 Å². The number of phenolic OH excluding ortho intramolecular Hbond substituents is 1. The molecule has 22 heteroatoms. The lowest BCUT2D eigenvalue weighted by Crippen LogP contribution is -2.04. The number of para-hydroxylation sites is 10. The largest absolute Gasteiger partial charge is 0.508 e. The predicted molar refractivity (Wildman–Crippen MR) is 554 cm³/mol. The van der Waals surface area contributed by atoms with E-state index in [1.165, 1.54) is 50.0 Å². The van der Waals surface area contributed by atoms with E-state index in [2.05, 4.69) is 257 Å². The summed E-state index contributed by atoms with van der Waals surface area (Å²) in [5.74, 6) is 1.03.